The van der Waals surface area contributed by atoms with Crippen molar-refractivity contribution in [2.24, 2.45) is 0 Å². The number of hydrogen-bond donors (Lipinski definition) is 1. The van der Waals surface area contributed by atoms with Gasteiger partial charge in [0.2, 0.25) is 0 Å². The third-order valence-electron chi connectivity index (χ3n) is 3.84. The SMILES string of the molecule is Br.C=CCSc1ccccc1CNCc1cccc2ccccc12. The van der Waals surface area contributed by atoms with Gasteiger partial charge in [-0.3, -0.25) is 0 Å². The Balaban J connectivity index is 0.00000208. The van der Waals surface area contributed by atoms with Crippen LogP contribution in [0.1, 0.15) is 11.1 Å². The number of nitrogens with one attached hydrogen (secondary N) is 1. The van der Waals surface area contributed by atoms with Crippen LogP contribution >= 0.6 is 28.7 Å². The Kier molecular flexibility index (Phi) is 7.57. The Morgan fingerprint density at radius 3 is 2.38 bits per heavy atom. The molecular formula is C21H22BrNS. The van der Waals surface area contributed by atoms with Crippen LogP contribution < -0.4 is 5.32 Å². The summed E-state index contributed by atoms with van der Waals surface area (Å²) in [6.45, 7) is 5.56. The van der Waals surface area contributed by atoms with E-state index in [0.717, 1.165) is 18.8 Å². The fraction of sp³-hybridized carbons (Fsp3) is 0.143. The molecular weight excluding hydrogens is 378 g/mol. The highest BCUT2D eigenvalue weighted by atomic mass is 79.9. The average Bonchev–Trinajstić information content (AvgIpc) is 2.61. The molecule has 1 nitrogen and oxygen atoms in total. The smallest absolute Gasteiger partial charge is 0.0219 e. The van der Waals surface area contributed by atoms with Crippen LogP contribution in [0.15, 0.2) is 84.3 Å². The summed E-state index contributed by atoms with van der Waals surface area (Å²) in [6, 6.07) is 23.6. The van der Waals surface area contributed by atoms with Gasteiger partial charge in [-0.1, -0.05) is 66.7 Å². The van der Waals surface area contributed by atoms with Crippen LogP contribution in [-0.2, 0) is 13.1 Å². The molecule has 1 N–H and O–H groups in total. The lowest BCUT2D eigenvalue weighted by Crippen LogP contribution is -2.13. The maximum atomic E-state index is 3.80. The van der Waals surface area contributed by atoms with E-state index in [1.165, 1.54) is 26.8 Å². The van der Waals surface area contributed by atoms with Crippen molar-refractivity contribution >= 4 is 39.5 Å². The molecule has 0 aliphatic carbocycles. The first-order valence-corrected chi connectivity index (χ1v) is 8.86. The van der Waals surface area contributed by atoms with Gasteiger partial charge in [-0.2, -0.15) is 0 Å². The number of rotatable bonds is 7. The minimum Gasteiger partial charge on any atom is -0.309 e. The molecule has 0 aromatic heterocycles. The van der Waals surface area contributed by atoms with Crippen molar-refractivity contribution in [1.82, 2.24) is 5.32 Å². The summed E-state index contributed by atoms with van der Waals surface area (Å²) in [7, 11) is 0. The third-order valence-corrected chi connectivity index (χ3v) is 4.95. The van der Waals surface area contributed by atoms with E-state index in [9.17, 15) is 0 Å². The molecule has 0 atom stereocenters. The molecule has 0 heterocycles. The van der Waals surface area contributed by atoms with Crippen molar-refractivity contribution in [2.75, 3.05) is 5.75 Å². The van der Waals surface area contributed by atoms with Gasteiger partial charge in [-0.05, 0) is 28.0 Å². The van der Waals surface area contributed by atoms with Gasteiger partial charge in [0.25, 0.3) is 0 Å². The van der Waals surface area contributed by atoms with E-state index in [0.29, 0.717) is 0 Å². The fourth-order valence-electron chi connectivity index (χ4n) is 2.72. The van der Waals surface area contributed by atoms with Crippen LogP contribution in [-0.4, -0.2) is 5.75 Å². The molecule has 24 heavy (non-hydrogen) atoms. The van der Waals surface area contributed by atoms with Crippen LogP contribution in [0.4, 0.5) is 0 Å². The zero-order chi connectivity index (χ0) is 15.9. The van der Waals surface area contributed by atoms with Gasteiger partial charge < -0.3 is 5.32 Å². The van der Waals surface area contributed by atoms with Crippen molar-refractivity contribution in [3.63, 3.8) is 0 Å². The van der Waals surface area contributed by atoms with E-state index >= 15 is 0 Å². The maximum absolute atomic E-state index is 3.80. The molecule has 0 saturated carbocycles. The topological polar surface area (TPSA) is 12.0 Å². The van der Waals surface area contributed by atoms with Gasteiger partial charge in [0.1, 0.15) is 0 Å². The monoisotopic (exact) mass is 399 g/mol. The summed E-state index contributed by atoms with van der Waals surface area (Å²) >= 11 is 1.84. The lowest BCUT2D eigenvalue weighted by Gasteiger charge is -2.11. The third kappa shape index (κ3) is 4.73. The summed E-state index contributed by atoms with van der Waals surface area (Å²) in [5.41, 5.74) is 2.69. The zero-order valence-electron chi connectivity index (χ0n) is 13.6. The Morgan fingerprint density at radius 1 is 0.833 bits per heavy atom. The molecule has 0 bridgehead atoms. The normalized spacial score (nSPS) is 10.3. The first kappa shape index (κ1) is 18.8. The van der Waals surface area contributed by atoms with Crippen LogP contribution in [0.5, 0.6) is 0 Å². The lowest BCUT2D eigenvalue weighted by molar-refractivity contribution is 0.689. The van der Waals surface area contributed by atoms with Gasteiger partial charge in [-0.25, -0.2) is 0 Å². The molecule has 3 rings (SSSR count). The molecule has 0 saturated heterocycles. The standard InChI is InChI=1S/C21H21NS.BrH/c1-2-14-23-21-13-6-4-9-19(21)16-22-15-18-11-7-10-17-8-3-5-12-20(17)18;/h2-13,22H,1,14-16H2;1H. The van der Waals surface area contributed by atoms with Gasteiger partial charge in [0.05, 0.1) is 0 Å². The zero-order valence-corrected chi connectivity index (χ0v) is 16.1. The van der Waals surface area contributed by atoms with E-state index in [1.54, 1.807) is 0 Å². The van der Waals surface area contributed by atoms with Crippen molar-refractivity contribution < 1.29 is 0 Å². The second kappa shape index (κ2) is 9.67. The molecule has 0 unspecified atom stereocenters. The van der Waals surface area contributed by atoms with Gasteiger partial charge in [0, 0.05) is 23.7 Å². The Labute approximate surface area is 158 Å². The van der Waals surface area contributed by atoms with Crippen molar-refractivity contribution in [3.8, 4) is 0 Å². The van der Waals surface area contributed by atoms with E-state index < -0.39 is 0 Å². The maximum Gasteiger partial charge on any atom is 0.0219 e. The minimum atomic E-state index is 0. The van der Waals surface area contributed by atoms with Crippen LogP contribution in [0.2, 0.25) is 0 Å². The van der Waals surface area contributed by atoms with Crippen LogP contribution in [0, 0.1) is 0 Å². The molecule has 3 aromatic carbocycles. The number of benzene rings is 3. The molecule has 0 amide bonds. The van der Waals surface area contributed by atoms with Gasteiger partial charge in [0.15, 0.2) is 0 Å². The molecule has 0 fully saturated rings. The lowest BCUT2D eigenvalue weighted by atomic mass is 10.0. The van der Waals surface area contributed by atoms with Gasteiger partial charge in [-0.15, -0.1) is 35.3 Å². The predicted octanol–water partition coefficient (Wildman–Crippen LogP) is 5.99. The van der Waals surface area contributed by atoms with E-state index in [1.807, 2.05) is 17.8 Å². The fourth-order valence-corrected chi connectivity index (χ4v) is 3.52. The molecule has 0 aliphatic rings. The largest absolute Gasteiger partial charge is 0.309 e. The molecule has 0 spiro atoms. The second-order valence-corrected chi connectivity index (χ2v) is 6.51. The van der Waals surface area contributed by atoms with Gasteiger partial charge >= 0.3 is 0 Å². The molecule has 124 valence electrons. The summed E-state index contributed by atoms with van der Waals surface area (Å²) in [6.07, 6.45) is 1.95. The number of thioether (sulfide) groups is 1. The second-order valence-electron chi connectivity index (χ2n) is 5.45. The summed E-state index contributed by atoms with van der Waals surface area (Å²) in [5.74, 6) is 0.945. The van der Waals surface area contributed by atoms with Crippen molar-refractivity contribution in [2.45, 2.75) is 18.0 Å². The Bertz CT molecular complexity index is 795. The highest BCUT2D eigenvalue weighted by molar-refractivity contribution is 8.93. The Morgan fingerprint density at radius 2 is 1.50 bits per heavy atom. The minimum absolute atomic E-state index is 0. The first-order valence-electron chi connectivity index (χ1n) is 7.87. The molecule has 3 aromatic rings. The predicted molar refractivity (Wildman–Crippen MR) is 112 cm³/mol. The number of halogens is 1. The Hall–Kier alpha value is -1.55. The van der Waals surface area contributed by atoms with E-state index in [4.69, 9.17) is 0 Å². The van der Waals surface area contributed by atoms with Crippen LogP contribution in [0.25, 0.3) is 10.8 Å². The number of hydrogen-bond acceptors (Lipinski definition) is 2. The van der Waals surface area contributed by atoms with Crippen molar-refractivity contribution in [3.05, 3.63) is 90.5 Å². The average molecular weight is 400 g/mol. The van der Waals surface area contributed by atoms with Crippen molar-refractivity contribution in [1.29, 1.82) is 0 Å². The molecule has 0 aliphatic heterocycles. The summed E-state index contributed by atoms with van der Waals surface area (Å²) in [5, 5.41) is 6.22. The molecule has 3 heteroatoms. The summed E-state index contributed by atoms with van der Waals surface area (Å²) in [4.78, 5) is 1.33. The van der Waals surface area contributed by atoms with Crippen LogP contribution in [0.3, 0.4) is 0 Å². The highest BCUT2D eigenvalue weighted by Gasteiger charge is 2.03. The van der Waals surface area contributed by atoms with E-state index in [-0.39, 0.29) is 17.0 Å². The quantitative estimate of drug-likeness (QED) is 0.386. The van der Waals surface area contributed by atoms with E-state index in [2.05, 4.69) is 78.6 Å². The summed E-state index contributed by atoms with van der Waals surface area (Å²) < 4.78 is 0. The highest BCUT2D eigenvalue weighted by Crippen LogP contribution is 2.23. The first-order chi connectivity index (χ1) is 11.4. The number of fused-ring (bicyclic) bond motifs is 1. The molecule has 0 radical (unpaired) electrons.